The van der Waals surface area contributed by atoms with Crippen LogP contribution in [0.5, 0.6) is 11.5 Å². The van der Waals surface area contributed by atoms with E-state index in [4.69, 9.17) is 26.3 Å². The maximum atomic E-state index is 8.75. The lowest BCUT2D eigenvalue weighted by atomic mass is 10.2. The van der Waals surface area contributed by atoms with Crippen molar-refractivity contribution in [1.29, 1.82) is 0 Å². The number of halogens is 1. The second kappa shape index (κ2) is 6.27. The zero-order valence-corrected chi connectivity index (χ0v) is 11.2. The van der Waals surface area contributed by atoms with Crippen LogP contribution in [-0.2, 0) is 6.54 Å². The molecule has 1 fully saturated rings. The number of ether oxygens (including phenoxy) is 2. The van der Waals surface area contributed by atoms with Gasteiger partial charge in [0.1, 0.15) is 0 Å². The monoisotopic (exact) mass is 271 g/mol. The van der Waals surface area contributed by atoms with Crippen LogP contribution in [0.2, 0.25) is 5.02 Å². The Labute approximate surface area is 112 Å². The van der Waals surface area contributed by atoms with E-state index in [1.165, 1.54) is 12.8 Å². The molecule has 0 aromatic heterocycles. The van der Waals surface area contributed by atoms with Crippen LogP contribution in [0.25, 0.3) is 0 Å². The Kier molecular flexibility index (Phi) is 4.69. The van der Waals surface area contributed by atoms with Crippen molar-refractivity contribution in [3.63, 3.8) is 0 Å². The molecular formula is C13H18ClNO3. The Hall–Kier alpha value is -0.970. The minimum Gasteiger partial charge on any atom is -0.491 e. The van der Waals surface area contributed by atoms with Crippen molar-refractivity contribution in [3.8, 4) is 11.5 Å². The second-order valence-corrected chi connectivity index (χ2v) is 4.88. The molecule has 0 bridgehead atoms. The van der Waals surface area contributed by atoms with Gasteiger partial charge in [-0.05, 0) is 43.4 Å². The highest BCUT2D eigenvalue weighted by Gasteiger charge is 2.20. The van der Waals surface area contributed by atoms with Crippen molar-refractivity contribution in [2.45, 2.75) is 38.3 Å². The fourth-order valence-electron chi connectivity index (χ4n) is 2.29. The maximum Gasteiger partial charge on any atom is 0.179 e. The van der Waals surface area contributed by atoms with Crippen molar-refractivity contribution >= 4 is 11.6 Å². The molecule has 0 unspecified atom stereocenters. The molecule has 0 radical (unpaired) electrons. The van der Waals surface area contributed by atoms with Crippen LogP contribution in [0.3, 0.4) is 0 Å². The Morgan fingerprint density at radius 2 is 2.11 bits per heavy atom. The van der Waals surface area contributed by atoms with Gasteiger partial charge in [0, 0.05) is 6.54 Å². The highest BCUT2D eigenvalue weighted by atomic mass is 35.5. The van der Waals surface area contributed by atoms with E-state index in [2.05, 4.69) is 5.48 Å². The summed E-state index contributed by atoms with van der Waals surface area (Å²) in [5.41, 5.74) is 2.97. The molecule has 1 aromatic rings. The minimum absolute atomic E-state index is 0.243. The van der Waals surface area contributed by atoms with Crippen molar-refractivity contribution in [1.82, 2.24) is 5.48 Å². The Morgan fingerprint density at radius 1 is 1.39 bits per heavy atom. The average Bonchev–Trinajstić information content (AvgIpc) is 2.82. The summed E-state index contributed by atoms with van der Waals surface area (Å²) in [7, 11) is 1.58. The van der Waals surface area contributed by atoms with Gasteiger partial charge >= 0.3 is 0 Å². The highest BCUT2D eigenvalue weighted by Crippen LogP contribution is 2.38. The standard InChI is InChI=1S/C13H18ClNO3/c1-17-13-11(14)6-9(8-15-16)7-12(13)18-10-4-2-3-5-10/h6-7,10,15-16H,2-5,8H2,1H3. The molecule has 0 heterocycles. The molecule has 4 nitrogen and oxygen atoms in total. The average molecular weight is 272 g/mol. The van der Waals surface area contributed by atoms with Gasteiger partial charge in [-0.15, -0.1) is 0 Å². The van der Waals surface area contributed by atoms with Crippen LogP contribution in [-0.4, -0.2) is 18.4 Å². The van der Waals surface area contributed by atoms with Crippen LogP contribution in [0.4, 0.5) is 0 Å². The van der Waals surface area contributed by atoms with Crippen LogP contribution in [0.1, 0.15) is 31.2 Å². The summed E-state index contributed by atoms with van der Waals surface area (Å²) in [5, 5.41) is 9.25. The third-order valence-electron chi connectivity index (χ3n) is 3.15. The Morgan fingerprint density at radius 3 is 2.72 bits per heavy atom. The van der Waals surface area contributed by atoms with Gasteiger partial charge in [-0.1, -0.05) is 11.6 Å². The molecule has 0 amide bonds. The van der Waals surface area contributed by atoms with Crippen molar-refractivity contribution in [2.75, 3.05) is 7.11 Å². The molecule has 1 saturated carbocycles. The van der Waals surface area contributed by atoms with Crippen molar-refractivity contribution < 1.29 is 14.7 Å². The van der Waals surface area contributed by atoms with Gasteiger partial charge in [0.05, 0.1) is 18.2 Å². The lowest BCUT2D eigenvalue weighted by molar-refractivity contribution is 0.160. The summed E-state index contributed by atoms with van der Waals surface area (Å²) < 4.78 is 11.2. The van der Waals surface area contributed by atoms with E-state index >= 15 is 0 Å². The van der Waals surface area contributed by atoms with Gasteiger partial charge in [0.2, 0.25) is 0 Å². The largest absolute Gasteiger partial charge is 0.491 e. The first-order chi connectivity index (χ1) is 8.74. The SMILES string of the molecule is COc1c(Cl)cc(CNO)cc1OC1CCCC1. The zero-order chi connectivity index (χ0) is 13.0. The van der Waals surface area contributed by atoms with Crippen molar-refractivity contribution in [3.05, 3.63) is 22.7 Å². The van der Waals surface area contributed by atoms with E-state index in [0.29, 0.717) is 23.1 Å². The van der Waals surface area contributed by atoms with Gasteiger partial charge in [-0.3, -0.25) is 0 Å². The summed E-state index contributed by atoms with van der Waals surface area (Å²) in [6, 6.07) is 3.61. The molecule has 1 aliphatic rings. The second-order valence-electron chi connectivity index (χ2n) is 4.47. The smallest absolute Gasteiger partial charge is 0.179 e. The summed E-state index contributed by atoms with van der Waals surface area (Å²) in [4.78, 5) is 0. The van der Waals surface area contributed by atoms with E-state index in [1.807, 2.05) is 6.07 Å². The van der Waals surface area contributed by atoms with E-state index in [9.17, 15) is 0 Å². The third kappa shape index (κ3) is 3.07. The van der Waals surface area contributed by atoms with Crippen molar-refractivity contribution in [2.24, 2.45) is 0 Å². The fraction of sp³-hybridized carbons (Fsp3) is 0.538. The molecular weight excluding hydrogens is 254 g/mol. The normalized spacial score (nSPS) is 15.9. The van der Waals surface area contributed by atoms with Crippen LogP contribution in [0, 0.1) is 0 Å². The van der Waals surface area contributed by atoms with Crippen LogP contribution >= 0.6 is 11.6 Å². The molecule has 1 aliphatic carbocycles. The topological polar surface area (TPSA) is 50.7 Å². The first-order valence-corrected chi connectivity index (χ1v) is 6.52. The van der Waals surface area contributed by atoms with Crippen LogP contribution < -0.4 is 15.0 Å². The molecule has 0 spiro atoms. The molecule has 5 heteroatoms. The Bertz CT molecular complexity index is 405. The van der Waals surface area contributed by atoms with E-state index < -0.39 is 0 Å². The van der Waals surface area contributed by atoms with Gasteiger partial charge < -0.3 is 14.7 Å². The van der Waals surface area contributed by atoms with Gasteiger partial charge in [-0.2, -0.15) is 0 Å². The summed E-state index contributed by atoms with van der Waals surface area (Å²) >= 11 is 6.14. The molecule has 1 aromatic carbocycles. The first-order valence-electron chi connectivity index (χ1n) is 6.14. The number of benzene rings is 1. The fourth-order valence-corrected chi connectivity index (χ4v) is 2.60. The predicted molar refractivity (Wildman–Crippen MR) is 69.5 cm³/mol. The molecule has 100 valence electrons. The zero-order valence-electron chi connectivity index (χ0n) is 10.4. The number of hydroxylamine groups is 1. The number of rotatable bonds is 5. The summed E-state index contributed by atoms with van der Waals surface area (Å²) in [5.74, 6) is 1.22. The first kappa shape index (κ1) is 13.5. The van der Waals surface area contributed by atoms with E-state index in [0.717, 1.165) is 18.4 Å². The molecule has 2 rings (SSSR count). The molecule has 0 aliphatic heterocycles. The quantitative estimate of drug-likeness (QED) is 0.808. The van der Waals surface area contributed by atoms with Crippen LogP contribution in [0.15, 0.2) is 12.1 Å². The van der Waals surface area contributed by atoms with Gasteiger partial charge in [-0.25, -0.2) is 5.48 Å². The maximum absolute atomic E-state index is 8.75. The third-order valence-corrected chi connectivity index (χ3v) is 3.43. The Balaban J connectivity index is 2.23. The van der Waals surface area contributed by atoms with Gasteiger partial charge in [0.15, 0.2) is 11.5 Å². The summed E-state index contributed by atoms with van der Waals surface area (Å²) in [6.45, 7) is 0.324. The molecule has 18 heavy (non-hydrogen) atoms. The lowest BCUT2D eigenvalue weighted by Gasteiger charge is -2.17. The predicted octanol–water partition coefficient (Wildman–Crippen LogP) is 3.15. The molecule has 2 N–H and O–H groups in total. The van der Waals surface area contributed by atoms with E-state index in [-0.39, 0.29) is 6.10 Å². The number of hydrogen-bond acceptors (Lipinski definition) is 4. The molecule has 0 atom stereocenters. The minimum atomic E-state index is 0.243. The lowest BCUT2D eigenvalue weighted by Crippen LogP contribution is -2.13. The number of methoxy groups -OCH3 is 1. The molecule has 0 saturated heterocycles. The van der Waals surface area contributed by atoms with Gasteiger partial charge in [0.25, 0.3) is 0 Å². The summed E-state index contributed by atoms with van der Waals surface area (Å²) in [6.07, 6.45) is 4.80. The number of hydrogen-bond donors (Lipinski definition) is 2. The highest BCUT2D eigenvalue weighted by molar-refractivity contribution is 6.32. The van der Waals surface area contributed by atoms with E-state index in [1.54, 1.807) is 13.2 Å². The number of nitrogens with one attached hydrogen (secondary N) is 1.